The van der Waals surface area contributed by atoms with Crippen LogP contribution in [0.25, 0.3) is 87.8 Å². The van der Waals surface area contributed by atoms with Crippen molar-refractivity contribution in [2.75, 3.05) is 0 Å². The van der Waals surface area contributed by atoms with Crippen molar-refractivity contribution in [1.29, 1.82) is 5.41 Å². The molecule has 1 aromatic heterocycles. The van der Waals surface area contributed by atoms with E-state index in [4.69, 9.17) is 5.41 Å². The highest BCUT2D eigenvalue weighted by Gasteiger charge is 2.16. The van der Waals surface area contributed by atoms with Crippen LogP contribution in [0.5, 0.6) is 0 Å². The Balaban J connectivity index is 1.41. The van der Waals surface area contributed by atoms with Crippen LogP contribution in [0.4, 0.5) is 0 Å². The lowest BCUT2D eigenvalue weighted by Crippen LogP contribution is -2.28. The van der Waals surface area contributed by atoms with Gasteiger partial charge in [-0.2, -0.15) is 0 Å². The molecule has 0 unspecified atom stereocenters. The average molecular weight is 566 g/mol. The molecule has 1 N–H and O–H groups in total. The first kappa shape index (κ1) is 25.4. The highest BCUT2D eigenvalue weighted by Crippen LogP contribution is 2.38. The molecule has 0 aliphatic carbocycles. The molecule has 0 bridgehead atoms. The van der Waals surface area contributed by atoms with E-state index >= 15 is 0 Å². The minimum Gasteiger partial charge on any atom is -0.309 e. The predicted molar refractivity (Wildman–Crippen MR) is 189 cm³/mol. The summed E-state index contributed by atoms with van der Waals surface area (Å²) in [7, 11) is 0. The van der Waals surface area contributed by atoms with E-state index in [0.717, 1.165) is 43.5 Å². The average Bonchev–Trinajstić information content (AvgIpc) is 3.43. The molecule has 43 heavy (non-hydrogen) atoms. The minimum absolute atomic E-state index is 0.933. The predicted octanol–water partition coefficient (Wildman–Crippen LogP) is 10.2. The molecule has 202 valence electrons. The standard InChI is InChI=1S/C41H27NS/c1-26-31(22-23-42)41(30-20-21-39-37(25-30)34-15-6-7-19-38(34)43-39)36-17-5-4-16-35(36)40(26)29-13-8-12-28(24-29)33-18-9-11-27-10-2-3-14-32(27)33/h2-25,42H,1H2/b31-22+,42-23?. The molecular formula is C41H27NS. The van der Waals surface area contributed by atoms with Crippen LogP contribution in [-0.2, 0) is 0 Å². The van der Waals surface area contributed by atoms with Crippen LogP contribution >= 0.6 is 11.3 Å². The van der Waals surface area contributed by atoms with Crippen molar-refractivity contribution in [3.05, 3.63) is 144 Å². The van der Waals surface area contributed by atoms with E-state index in [2.05, 4.69) is 140 Å². The van der Waals surface area contributed by atoms with Gasteiger partial charge in [0.1, 0.15) is 0 Å². The maximum atomic E-state index is 8.11. The van der Waals surface area contributed by atoms with Gasteiger partial charge in [0.25, 0.3) is 0 Å². The second-order valence-corrected chi connectivity index (χ2v) is 12.0. The summed E-state index contributed by atoms with van der Waals surface area (Å²) in [6.07, 6.45) is 3.29. The van der Waals surface area contributed by atoms with Crippen LogP contribution in [0.1, 0.15) is 0 Å². The first-order valence-electron chi connectivity index (χ1n) is 14.5. The molecule has 2 heteroatoms. The number of benzene rings is 7. The van der Waals surface area contributed by atoms with Crippen LogP contribution in [-0.4, -0.2) is 6.21 Å². The molecule has 1 nitrogen and oxygen atoms in total. The molecule has 0 atom stereocenters. The minimum atomic E-state index is 0.933. The zero-order valence-corrected chi connectivity index (χ0v) is 24.3. The Bertz CT molecular complexity index is 2490. The van der Waals surface area contributed by atoms with Crippen molar-refractivity contribution >= 4 is 71.9 Å². The first-order chi connectivity index (χ1) is 21.2. The van der Waals surface area contributed by atoms with Gasteiger partial charge in [-0.1, -0.05) is 116 Å². The first-order valence-corrected chi connectivity index (χ1v) is 15.3. The largest absolute Gasteiger partial charge is 0.309 e. The number of nitrogens with one attached hydrogen (secondary N) is 1. The van der Waals surface area contributed by atoms with Crippen LogP contribution in [0.3, 0.4) is 0 Å². The van der Waals surface area contributed by atoms with Gasteiger partial charge in [-0.15, -0.1) is 11.3 Å². The zero-order valence-electron chi connectivity index (χ0n) is 23.5. The number of thiophene rings is 1. The third-order valence-corrected chi connectivity index (χ3v) is 9.68. The Kier molecular flexibility index (Phi) is 6.03. The maximum Gasteiger partial charge on any atom is 0.0355 e. The van der Waals surface area contributed by atoms with Crippen LogP contribution in [0, 0.1) is 5.41 Å². The fraction of sp³-hybridized carbons (Fsp3) is 0. The molecule has 0 aliphatic rings. The van der Waals surface area contributed by atoms with E-state index in [1.807, 2.05) is 17.4 Å². The molecule has 8 rings (SSSR count). The van der Waals surface area contributed by atoms with Crippen LogP contribution in [0.2, 0.25) is 0 Å². The van der Waals surface area contributed by atoms with Crippen molar-refractivity contribution < 1.29 is 0 Å². The lowest BCUT2D eigenvalue weighted by atomic mass is 9.87. The molecule has 1 heterocycles. The number of rotatable bonds is 4. The highest BCUT2D eigenvalue weighted by molar-refractivity contribution is 7.25. The summed E-state index contributed by atoms with van der Waals surface area (Å²) in [5.74, 6) is 0. The second kappa shape index (κ2) is 10.2. The summed E-state index contributed by atoms with van der Waals surface area (Å²) in [6, 6.07) is 47.9. The van der Waals surface area contributed by atoms with Gasteiger partial charge in [0, 0.05) is 26.4 Å². The van der Waals surface area contributed by atoms with Crippen LogP contribution in [0.15, 0.2) is 133 Å². The van der Waals surface area contributed by atoms with Gasteiger partial charge in [-0.05, 0) is 95.7 Å². The Hall–Kier alpha value is -5.31. The van der Waals surface area contributed by atoms with Gasteiger partial charge in [-0.25, -0.2) is 0 Å². The number of fused-ring (bicyclic) bond motifs is 5. The SMILES string of the molecule is C=c1c(-c2cccc(-c3cccc4ccccc34)c2)c2ccccc2c(-c2ccc3sc4ccccc4c3c2)/c1=C/C=N. The van der Waals surface area contributed by atoms with Crippen molar-refractivity contribution in [2.45, 2.75) is 0 Å². The van der Waals surface area contributed by atoms with Crippen molar-refractivity contribution in [1.82, 2.24) is 0 Å². The highest BCUT2D eigenvalue weighted by atomic mass is 32.1. The van der Waals surface area contributed by atoms with E-state index in [9.17, 15) is 0 Å². The lowest BCUT2D eigenvalue weighted by molar-refractivity contribution is 1.53. The third-order valence-electron chi connectivity index (χ3n) is 8.53. The monoisotopic (exact) mass is 565 g/mol. The Morgan fingerprint density at radius 1 is 0.512 bits per heavy atom. The molecule has 0 amide bonds. The van der Waals surface area contributed by atoms with Crippen molar-refractivity contribution in [3.8, 4) is 33.4 Å². The molecule has 0 spiro atoms. The lowest BCUT2D eigenvalue weighted by Gasteiger charge is -2.16. The summed E-state index contributed by atoms with van der Waals surface area (Å²) >= 11 is 1.83. The summed E-state index contributed by atoms with van der Waals surface area (Å²) in [5, 5.41) is 17.4. The Morgan fingerprint density at radius 3 is 1.98 bits per heavy atom. The number of hydrogen-bond acceptors (Lipinski definition) is 2. The fourth-order valence-corrected chi connectivity index (χ4v) is 7.71. The molecule has 0 radical (unpaired) electrons. The van der Waals surface area contributed by atoms with Gasteiger partial charge in [0.05, 0.1) is 0 Å². The summed E-state index contributed by atoms with van der Waals surface area (Å²) in [5.41, 5.74) is 6.88. The summed E-state index contributed by atoms with van der Waals surface area (Å²) < 4.78 is 2.58. The van der Waals surface area contributed by atoms with Gasteiger partial charge < -0.3 is 5.41 Å². The van der Waals surface area contributed by atoms with E-state index < -0.39 is 0 Å². The van der Waals surface area contributed by atoms with Gasteiger partial charge >= 0.3 is 0 Å². The normalized spacial score (nSPS) is 12.0. The number of hydrogen-bond donors (Lipinski definition) is 1. The topological polar surface area (TPSA) is 23.9 Å². The molecule has 0 saturated carbocycles. The smallest absolute Gasteiger partial charge is 0.0355 e. The molecule has 0 fully saturated rings. The quantitative estimate of drug-likeness (QED) is 0.205. The van der Waals surface area contributed by atoms with Crippen molar-refractivity contribution in [2.24, 2.45) is 0 Å². The second-order valence-electron chi connectivity index (χ2n) is 10.9. The molecular weight excluding hydrogens is 539 g/mol. The fourth-order valence-electron chi connectivity index (χ4n) is 6.62. The third kappa shape index (κ3) is 4.11. The molecule has 0 aliphatic heterocycles. The van der Waals surface area contributed by atoms with Gasteiger partial charge in [-0.3, -0.25) is 0 Å². The van der Waals surface area contributed by atoms with Crippen LogP contribution < -0.4 is 10.4 Å². The maximum absolute atomic E-state index is 8.11. The summed E-state index contributed by atoms with van der Waals surface area (Å²) in [6.45, 7) is 4.67. The zero-order chi connectivity index (χ0) is 28.9. The Labute approximate surface area is 253 Å². The van der Waals surface area contributed by atoms with Gasteiger partial charge in [0.2, 0.25) is 0 Å². The Morgan fingerprint density at radius 2 is 1.14 bits per heavy atom. The molecule has 0 saturated heterocycles. The van der Waals surface area contributed by atoms with Crippen molar-refractivity contribution in [3.63, 3.8) is 0 Å². The summed E-state index contributed by atoms with van der Waals surface area (Å²) in [4.78, 5) is 0. The van der Waals surface area contributed by atoms with E-state index in [1.165, 1.54) is 48.3 Å². The van der Waals surface area contributed by atoms with Gasteiger partial charge in [0.15, 0.2) is 0 Å². The van der Waals surface area contributed by atoms with E-state index in [1.54, 1.807) is 0 Å². The molecule has 8 aromatic rings. The van der Waals surface area contributed by atoms with E-state index in [-0.39, 0.29) is 0 Å². The van der Waals surface area contributed by atoms with E-state index in [0.29, 0.717) is 0 Å². The molecule has 7 aromatic carbocycles.